The van der Waals surface area contributed by atoms with Crippen LogP contribution < -0.4 is 21.1 Å². The predicted molar refractivity (Wildman–Crippen MR) is 89.2 cm³/mol. The Kier molecular flexibility index (Phi) is 5.99. The van der Waals surface area contributed by atoms with Crippen LogP contribution >= 0.6 is 11.3 Å². The molecule has 4 N–H and O–H groups in total. The summed E-state index contributed by atoms with van der Waals surface area (Å²) in [5.74, 6) is 0.573. The molecule has 0 unspecified atom stereocenters. The van der Waals surface area contributed by atoms with Gasteiger partial charge in [-0.3, -0.25) is 4.79 Å². The number of carbonyl (C=O) groups is 2. The van der Waals surface area contributed by atoms with Crippen molar-refractivity contribution in [3.8, 4) is 5.75 Å². The van der Waals surface area contributed by atoms with Crippen LogP contribution in [-0.4, -0.2) is 19.0 Å². The first-order chi connectivity index (χ1) is 11.1. The molecule has 6 nitrogen and oxygen atoms in total. The molecular formula is C16H19N3O3S. The number of carbonyl (C=O) groups excluding carboxylic acids is 2. The molecule has 0 radical (unpaired) electrons. The molecule has 0 bridgehead atoms. The minimum Gasteiger partial charge on any atom is -0.497 e. The molecule has 0 aliphatic carbocycles. The number of nitrogens with one attached hydrogen (secondary N) is 2. The van der Waals surface area contributed by atoms with Crippen LogP contribution in [-0.2, 0) is 11.3 Å². The Labute approximate surface area is 138 Å². The zero-order chi connectivity index (χ0) is 16.7. The van der Waals surface area contributed by atoms with E-state index >= 15 is 0 Å². The third kappa shape index (κ3) is 5.30. The molecule has 1 atom stereocenters. The maximum Gasteiger partial charge on any atom is 0.312 e. The zero-order valence-corrected chi connectivity index (χ0v) is 13.6. The standard InChI is InChI=1S/C16H19N3O3S/c1-22-12-5-2-4-11(8-12)10-18-15(20)9-13(19-16(17)21)14-6-3-7-23-14/h2-8,13H,9-10H2,1H3,(H,18,20)(H3,17,19,21)/t13-/m1/s1. The average molecular weight is 333 g/mol. The highest BCUT2D eigenvalue weighted by atomic mass is 32.1. The van der Waals surface area contributed by atoms with Gasteiger partial charge in [-0.2, -0.15) is 0 Å². The molecule has 0 saturated carbocycles. The lowest BCUT2D eigenvalue weighted by Gasteiger charge is -2.16. The first-order valence-corrected chi connectivity index (χ1v) is 7.95. The van der Waals surface area contributed by atoms with Gasteiger partial charge in [0.1, 0.15) is 5.75 Å². The van der Waals surface area contributed by atoms with Crippen molar-refractivity contribution in [2.75, 3.05) is 7.11 Å². The third-order valence-electron chi connectivity index (χ3n) is 3.22. The summed E-state index contributed by atoms with van der Waals surface area (Å²) in [6, 6.07) is 10.1. The van der Waals surface area contributed by atoms with Gasteiger partial charge in [0.05, 0.1) is 19.6 Å². The molecule has 2 aromatic rings. The average Bonchev–Trinajstić information content (AvgIpc) is 3.06. The van der Waals surface area contributed by atoms with Gasteiger partial charge in [-0.25, -0.2) is 4.79 Å². The number of amides is 3. The second kappa shape index (κ2) is 8.19. The van der Waals surface area contributed by atoms with Crippen molar-refractivity contribution in [1.82, 2.24) is 10.6 Å². The Morgan fingerprint density at radius 3 is 2.78 bits per heavy atom. The number of ether oxygens (including phenoxy) is 1. The lowest BCUT2D eigenvalue weighted by Crippen LogP contribution is -2.36. The molecule has 0 saturated heterocycles. The fraction of sp³-hybridized carbons (Fsp3) is 0.250. The fourth-order valence-corrected chi connectivity index (χ4v) is 2.90. The molecule has 7 heteroatoms. The van der Waals surface area contributed by atoms with Gasteiger partial charge in [0.2, 0.25) is 5.91 Å². The molecular weight excluding hydrogens is 314 g/mol. The van der Waals surface area contributed by atoms with Gasteiger partial charge in [0.25, 0.3) is 0 Å². The SMILES string of the molecule is COc1cccc(CNC(=O)C[C@@H](NC(N)=O)c2cccs2)c1. The number of benzene rings is 1. The van der Waals surface area contributed by atoms with Crippen LogP contribution in [0, 0.1) is 0 Å². The largest absolute Gasteiger partial charge is 0.497 e. The number of thiophene rings is 1. The lowest BCUT2D eigenvalue weighted by atomic mass is 10.1. The molecule has 0 spiro atoms. The van der Waals surface area contributed by atoms with E-state index in [0.717, 1.165) is 16.2 Å². The molecule has 1 aromatic heterocycles. The Balaban J connectivity index is 1.92. The van der Waals surface area contributed by atoms with E-state index in [4.69, 9.17) is 10.5 Å². The van der Waals surface area contributed by atoms with Crippen LogP contribution in [0.2, 0.25) is 0 Å². The summed E-state index contributed by atoms with van der Waals surface area (Å²) in [4.78, 5) is 24.1. The fourth-order valence-electron chi connectivity index (χ4n) is 2.12. The minimum absolute atomic E-state index is 0.132. The smallest absolute Gasteiger partial charge is 0.312 e. The van der Waals surface area contributed by atoms with E-state index in [1.165, 1.54) is 11.3 Å². The number of primary amides is 1. The van der Waals surface area contributed by atoms with Gasteiger partial charge in [-0.15, -0.1) is 11.3 Å². The van der Waals surface area contributed by atoms with Crippen molar-refractivity contribution in [2.24, 2.45) is 5.73 Å². The van der Waals surface area contributed by atoms with E-state index in [9.17, 15) is 9.59 Å². The Morgan fingerprint density at radius 1 is 1.30 bits per heavy atom. The second-order valence-electron chi connectivity index (χ2n) is 4.91. The van der Waals surface area contributed by atoms with Gasteiger partial charge < -0.3 is 21.1 Å². The van der Waals surface area contributed by atoms with Gasteiger partial charge in [-0.05, 0) is 29.1 Å². The highest BCUT2D eigenvalue weighted by Crippen LogP contribution is 2.22. The molecule has 0 fully saturated rings. The Morgan fingerprint density at radius 2 is 2.13 bits per heavy atom. The highest BCUT2D eigenvalue weighted by Gasteiger charge is 2.18. The van der Waals surface area contributed by atoms with Gasteiger partial charge >= 0.3 is 6.03 Å². The highest BCUT2D eigenvalue weighted by molar-refractivity contribution is 7.10. The number of methoxy groups -OCH3 is 1. The summed E-state index contributed by atoms with van der Waals surface area (Å²) in [5.41, 5.74) is 6.12. The monoisotopic (exact) mass is 333 g/mol. The first-order valence-electron chi connectivity index (χ1n) is 7.07. The van der Waals surface area contributed by atoms with Crippen LogP contribution in [0.5, 0.6) is 5.75 Å². The molecule has 1 aromatic carbocycles. The van der Waals surface area contributed by atoms with E-state index in [1.54, 1.807) is 7.11 Å². The number of hydrogen-bond acceptors (Lipinski definition) is 4. The quantitative estimate of drug-likeness (QED) is 0.725. The third-order valence-corrected chi connectivity index (χ3v) is 4.20. The molecule has 1 heterocycles. The van der Waals surface area contributed by atoms with Gasteiger partial charge in [0, 0.05) is 11.4 Å². The van der Waals surface area contributed by atoms with E-state index < -0.39 is 12.1 Å². The minimum atomic E-state index is -0.649. The first kappa shape index (κ1) is 16.8. The van der Waals surface area contributed by atoms with Crippen LogP contribution in [0.4, 0.5) is 4.79 Å². The molecule has 23 heavy (non-hydrogen) atoms. The van der Waals surface area contributed by atoms with Crippen LogP contribution in [0.15, 0.2) is 41.8 Å². The van der Waals surface area contributed by atoms with Crippen LogP contribution in [0.3, 0.4) is 0 Å². The van der Waals surface area contributed by atoms with E-state index in [1.807, 2.05) is 41.8 Å². The number of hydrogen-bond donors (Lipinski definition) is 3. The number of nitrogens with two attached hydrogens (primary N) is 1. The van der Waals surface area contributed by atoms with E-state index in [-0.39, 0.29) is 12.3 Å². The summed E-state index contributed by atoms with van der Waals surface area (Å²) < 4.78 is 5.15. The Hall–Kier alpha value is -2.54. The van der Waals surface area contributed by atoms with Crippen LogP contribution in [0.1, 0.15) is 22.9 Å². The van der Waals surface area contributed by atoms with Crippen molar-refractivity contribution >= 4 is 23.3 Å². The number of rotatable bonds is 7. The molecule has 0 aliphatic rings. The zero-order valence-electron chi connectivity index (χ0n) is 12.7. The molecule has 122 valence electrons. The summed E-state index contributed by atoms with van der Waals surface area (Å²) in [6.45, 7) is 0.393. The van der Waals surface area contributed by atoms with E-state index in [2.05, 4.69) is 10.6 Å². The van der Waals surface area contributed by atoms with Crippen molar-refractivity contribution in [3.63, 3.8) is 0 Å². The van der Waals surface area contributed by atoms with E-state index in [0.29, 0.717) is 6.54 Å². The summed E-state index contributed by atoms with van der Waals surface area (Å²) >= 11 is 1.47. The van der Waals surface area contributed by atoms with Crippen molar-refractivity contribution in [3.05, 3.63) is 52.2 Å². The summed E-state index contributed by atoms with van der Waals surface area (Å²) in [6.07, 6.45) is 0.132. The second-order valence-corrected chi connectivity index (χ2v) is 5.89. The van der Waals surface area contributed by atoms with Gasteiger partial charge in [0.15, 0.2) is 0 Å². The maximum absolute atomic E-state index is 12.1. The summed E-state index contributed by atoms with van der Waals surface area (Å²) in [7, 11) is 1.60. The summed E-state index contributed by atoms with van der Waals surface area (Å²) in [5, 5.41) is 7.32. The topological polar surface area (TPSA) is 93.4 Å². The lowest BCUT2D eigenvalue weighted by molar-refractivity contribution is -0.121. The van der Waals surface area contributed by atoms with Gasteiger partial charge in [-0.1, -0.05) is 18.2 Å². The Bertz CT molecular complexity index is 658. The van der Waals surface area contributed by atoms with Crippen molar-refractivity contribution in [2.45, 2.75) is 19.0 Å². The maximum atomic E-state index is 12.1. The van der Waals surface area contributed by atoms with Crippen molar-refractivity contribution < 1.29 is 14.3 Å². The normalized spacial score (nSPS) is 11.5. The molecule has 2 rings (SSSR count). The molecule has 0 aliphatic heterocycles. The predicted octanol–water partition coefficient (Wildman–Crippen LogP) is 2.17. The van der Waals surface area contributed by atoms with Crippen LogP contribution in [0.25, 0.3) is 0 Å². The van der Waals surface area contributed by atoms with Crippen molar-refractivity contribution in [1.29, 1.82) is 0 Å². The molecule has 3 amide bonds. The number of urea groups is 1.